The van der Waals surface area contributed by atoms with Crippen LogP contribution >= 0.6 is 0 Å². The molecule has 0 aliphatic carbocycles. The molecule has 1 fully saturated rings. The summed E-state index contributed by atoms with van der Waals surface area (Å²) in [6.07, 6.45) is 0. The minimum atomic E-state index is -1.25. The maximum absolute atomic E-state index is 8.47. The van der Waals surface area contributed by atoms with Crippen molar-refractivity contribution in [2.75, 3.05) is 26.2 Å². The van der Waals surface area contributed by atoms with Crippen LogP contribution in [0.4, 0.5) is 0 Å². The van der Waals surface area contributed by atoms with Crippen molar-refractivity contribution in [2.45, 2.75) is 0 Å². The fourth-order valence-corrected chi connectivity index (χ4v) is 0.678. The van der Waals surface area contributed by atoms with Gasteiger partial charge in [0.1, 0.15) is 0 Å². The summed E-state index contributed by atoms with van der Waals surface area (Å²) in [4.78, 5) is 0. The zero-order chi connectivity index (χ0) is 7.82. The Morgan fingerprint density at radius 1 is 1.30 bits per heavy atom. The Kier molecular flexibility index (Phi) is 5.69. The Hall–Kier alpha value is -0.880. The molecular weight excluding hydrogens is 136 g/mol. The molecule has 1 aliphatic heterocycles. The molecule has 1 saturated heterocycles. The molecule has 0 unspecified atom stereocenters. The van der Waals surface area contributed by atoms with E-state index in [1.165, 1.54) is 26.2 Å². The van der Waals surface area contributed by atoms with E-state index in [0.29, 0.717) is 0 Å². The van der Waals surface area contributed by atoms with Crippen LogP contribution in [0.2, 0.25) is 0 Å². The zero-order valence-electron chi connectivity index (χ0n) is 5.67. The maximum Gasteiger partial charge on any atom is 0.0882 e. The summed E-state index contributed by atoms with van der Waals surface area (Å²) < 4.78 is 0. The third-order valence-electron chi connectivity index (χ3n) is 1.05. The Morgan fingerprint density at radius 3 is 1.80 bits per heavy atom. The van der Waals surface area contributed by atoms with Gasteiger partial charge >= 0.3 is 0 Å². The van der Waals surface area contributed by atoms with Crippen LogP contribution in [0, 0.1) is 15.9 Å². The van der Waals surface area contributed by atoms with Crippen LogP contribution in [0.1, 0.15) is 0 Å². The highest BCUT2D eigenvalue weighted by molar-refractivity contribution is 4.44. The van der Waals surface area contributed by atoms with Crippen molar-refractivity contribution in [2.24, 2.45) is 0 Å². The monoisotopic (exact) mass is 148 g/mol. The molecular formula is C4H12N4O2. The maximum atomic E-state index is 8.47. The highest BCUT2D eigenvalue weighted by Gasteiger charge is 1.95. The van der Waals surface area contributed by atoms with Crippen molar-refractivity contribution in [3.63, 3.8) is 0 Å². The molecule has 60 valence electrons. The summed E-state index contributed by atoms with van der Waals surface area (Å²) in [6.45, 7) is 4.92. The topological polar surface area (TPSA) is 102 Å². The third kappa shape index (κ3) is 10.2. The van der Waals surface area contributed by atoms with Crippen molar-refractivity contribution in [1.29, 1.82) is 5.53 Å². The van der Waals surface area contributed by atoms with Crippen molar-refractivity contribution in [3.05, 3.63) is 10.4 Å². The van der Waals surface area contributed by atoms with Crippen LogP contribution < -0.4 is 10.6 Å². The van der Waals surface area contributed by atoms with Crippen molar-refractivity contribution in [1.82, 2.24) is 5.32 Å². The molecule has 0 aromatic carbocycles. The normalized spacial score (nSPS) is 16.8. The Balaban J connectivity index is 0.000000180. The number of nitrogens with two attached hydrogens (primary N) is 1. The van der Waals surface area contributed by atoms with Crippen LogP contribution in [0.5, 0.6) is 0 Å². The molecule has 0 spiro atoms. The standard InChI is InChI=1S/C4H10N2.HN2O2/c1-2-6-4-3-5-1;1-2(3)4/h5-6H,1-4H2;(H-,1,3,4)/q;-1/p+1. The van der Waals surface area contributed by atoms with E-state index in [-0.39, 0.29) is 0 Å². The highest BCUT2D eigenvalue weighted by Crippen LogP contribution is 1.54. The van der Waals surface area contributed by atoms with Gasteiger partial charge in [-0.3, -0.25) is 0 Å². The summed E-state index contributed by atoms with van der Waals surface area (Å²) in [7, 11) is 0. The Morgan fingerprint density at radius 2 is 1.70 bits per heavy atom. The molecule has 10 heavy (non-hydrogen) atoms. The first kappa shape index (κ1) is 9.12. The third-order valence-corrected chi connectivity index (χ3v) is 1.05. The average Bonchev–Trinajstić information content (AvgIpc) is 1.90. The van der Waals surface area contributed by atoms with Crippen molar-refractivity contribution >= 4 is 0 Å². The van der Waals surface area contributed by atoms with E-state index >= 15 is 0 Å². The molecule has 4 N–H and O–H groups in total. The quantitative estimate of drug-likeness (QED) is 0.278. The van der Waals surface area contributed by atoms with Gasteiger partial charge in [0.25, 0.3) is 0 Å². The number of hydrogen-bond acceptors (Lipinski definition) is 4. The van der Waals surface area contributed by atoms with Gasteiger partial charge in [-0.2, -0.15) is 0 Å². The van der Waals surface area contributed by atoms with E-state index in [0.717, 1.165) is 0 Å². The van der Waals surface area contributed by atoms with Gasteiger partial charge in [0.05, 0.1) is 13.1 Å². The first-order valence-corrected chi connectivity index (χ1v) is 3.11. The number of hydrogen-bond donors (Lipinski definition) is 3. The van der Waals surface area contributed by atoms with Gasteiger partial charge < -0.3 is 21.0 Å². The number of piperazine rings is 1. The van der Waals surface area contributed by atoms with Gasteiger partial charge in [-0.1, -0.05) is 5.02 Å². The van der Waals surface area contributed by atoms with Gasteiger partial charge in [0, 0.05) is 13.1 Å². The summed E-state index contributed by atoms with van der Waals surface area (Å²) in [5, 5.41) is 21.3. The Labute approximate surface area is 58.9 Å². The molecule has 0 amide bonds. The minimum absolute atomic E-state index is 1.19. The van der Waals surface area contributed by atoms with Gasteiger partial charge in [-0.25, -0.2) is 0 Å². The molecule has 0 saturated carbocycles. The van der Waals surface area contributed by atoms with Gasteiger partial charge in [0.15, 0.2) is 0 Å². The van der Waals surface area contributed by atoms with E-state index in [1.54, 1.807) is 0 Å². The lowest BCUT2D eigenvalue weighted by Gasteiger charge is -2.07. The van der Waals surface area contributed by atoms with E-state index in [1.807, 2.05) is 0 Å². The largest absolute Gasteiger partial charge is 0.588 e. The van der Waals surface area contributed by atoms with Crippen LogP contribution in [-0.4, -0.2) is 31.2 Å². The number of nitrogens with zero attached hydrogens (tertiary/aromatic N) is 1. The molecule has 1 heterocycles. The molecule has 0 aromatic heterocycles. The second-order valence-electron chi connectivity index (χ2n) is 1.87. The zero-order valence-corrected chi connectivity index (χ0v) is 5.67. The van der Waals surface area contributed by atoms with Crippen LogP contribution in [0.3, 0.4) is 0 Å². The van der Waals surface area contributed by atoms with Crippen molar-refractivity contribution < 1.29 is 10.3 Å². The lowest BCUT2D eigenvalue weighted by atomic mass is 10.4. The average molecular weight is 148 g/mol. The van der Waals surface area contributed by atoms with Crippen molar-refractivity contribution in [3.8, 4) is 0 Å². The minimum Gasteiger partial charge on any atom is -0.588 e. The van der Waals surface area contributed by atoms with Crippen LogP contribution in [0.15, 0.2) is 0 Å². The first-order valence-electron chi connectivity index (χ1n) is 3.11. The SMILES string of the molecule is C1C[NH2+]CCN1.N=[N+]([O-])[O-]. The molecule has 1 rings (SSSR count). The van der Waals surface area contributed by atoms with Crippen LogP contribution in [-0.2, 0) is 0 Å². The fourth-order valence-electron chi connectivity index (χ4n) is 0.678. The summed E-state index contributed by atoms with van der Waals surface area (Å²) in [5.41, 5.74) is 5.31. The molecule has 0 radical (unpaired) electrons. The number of rotatable bonds is 0. The molecule has 6 nitrogen and oxygen atoms in total. The lowest BCUT2D eigenvalue weighted by molar-refractivity contribution is -0.657. The van der Waals surface area contributed by atoms with Crippen LogP contribution in [0.25, 0.3) is 0 Å². The number of quaternary nitrogens is 1. The second-order valence-corrected chi connectivity index (χ2v) is 1.87. The smallest absolute Gasteiger partial charge is 0.0882 e. The summed E-state index contributed by atoms with van der Waals surface area (Å²) in [5.74, 6) is 0. The summed E-state index contributed by atoms with van der Waals surface area (Å²) in [6, 6.07) is 0. The number of nitrogens with one attached hydrogen (secondary N) is 2. The Bertz CT molecular complexity index is 77.7. The van der Waals surface area contributed by atoms with Gasteiger partial charge in [0.2, 0.25) is 0 Å². The lowest BCUT2D eigenvalue weighted by Crippen LogP contribution is -2.89. The predicted octanol–water partition coefficient (Wildman–Crippen LogP) is -1.82. The predicted molar refractivity (Wildman–Crippen MR) is 34.2 cm³/mol. The molecule has 0 atom stereocenters. The highest BCUT2D eigenvalue weighted by atomic mass is 16.8. The van der Waals surface area contributed by atoms with E-state index in [4.69, 9.17) is 15.9 Å². The summed E-state index contributed by atoms with van der Waals surface area (Å²) >= 11 is 0. The molecule has 0 bridgehead atoms. The molecule has 0 aromatic rings. The molecule has 6 heteroatoms. The first-order chi connectivity index (χ1) is 4.73. The van der Waals surface area contributed by atoms with E-state index in [2.05, 4.69) is 10.6 Å². The van der Waals surface area contributed by atoms with E-state index < -0.39 is 5.02 Å². The fraction of sp³-hybridized carbons (Fsp3) is 1.00. The van der Waals surface area contributed by atoms with Gasteiger partial charge in [-0.15, -0.1) is 0 Å². The van der Waals surface area contributed by atoms with Gasteiger partial charge in [-0.05, 0) is 5.53 Å². The van der Waals surface area contributed by atoms with E-state index in [9.17, 15) is 0 Å². The second kappa shape index (κ2) is 6.24. The molecule has 1 aliphatic rings.